The normalized spacial score (nSPS) is 11.9. The van der Waals surface area contributed by atoms with E-state index in [0.29, 0.717) is 41.2 Å². The molecule has 0 aliphatic rings. The van der Waals surface area contributed by atoms with E-state index >= 15 is 0 Å². The summed E-state index contributed by atoms with van der Waals surface area (Å²) in [5.41, 5.74) is 4.94. The number of rotatable bonds is 11. The van der Waals surface area contributed by atoms with E-state index in [-0.39, 0.29) is 24.5 Å². The van der Waals surface area contributed by atoms with Crippen LogP contribution in [-0.2, 0) is 9.59 Å². The van der Waals surface area contributed by atoms with E-state index in [1.165, 1.54) is 0 Å². The van der Waals surface area contributed by atoms with Crippen molar-refractivity contribution in [1.82, 2.24) is 5.43 Å². The van der Waals surface area contributed by atoms with Gasteiger partial charge in [-0.2, -0.15) is 10.4 Å². The van der Waals surface area contributed by atoms with Gasteiger partial charge in [-0.05, 0) is 49.9 Å². The number of amides is 2. The Balaban J connectivity index is 2.09. The van der Waals surface area contributed by atoms with Gasteiger partial charge in [-0.3, -0.25) is 14.4 Å². The van der Waals surface area contributed by atoms with Crippen molar-refractivity contribution in [2.45, 2.75) is 46.0 Å². The number of halogens is 1. The molecule has 172 valence electrons. The van der Waals surface area contributed by atoms with E-state index in [0.717, 1.165) is 5.56 Å². The first-order valence-electron chi connectivity index (χ1n) is 10.7. The highest BCUT2D eigenvalue weighted by molar-refractivity contribution is 6.30. The number of anilines is 1. The van der Waals surface area contributed by atoms with Crippen molar-refractivity contribution in [1.29, 1.82) is 5.26 Å². The Hall–Kier alpha value is -3.50. The van der Waals surface area contributed by atoms with Gasteiger partial charge in [-0.25, -0.2) is 5.43 Å². The molecule has 33 heavy (non-hydrogen) atoms. The van der Waals surface area contributed by atoms with Gasteiger partial charge in [-0.15, -0.1) is 0 Å². The Morgan fingerprint density at radius 2 is 1.82 bits per heavy atom. The third-order valence-corrected chi connectivity index (χ3v) is 5.28. The molecule has 2 aromatic rings. The van der Waals surface area contributed by atoms with Gasteiger partial charge in [0.2, 0.25) is 5.91 Å². The third kappa shape index (κ3) is 8.17. The molecule has 0 saturated carbocycles. The first-order valence-corrected chi connectivity index (χ1v) is 11.1. The largest absolute Gasteiger partial charge is 0.326 e. The van der Waals surface area contributed by atoms with Crippen LogP contribution in [0.1, 0.15) is 54.9 Å². The SMILES string of the molecule is CC[C@@H](C(=O)c1ccccc1)/C(CCCC(=O)Nc1ccc(Cl)cc1C)=N\NC(=O)CC#N. The zero-order valence-corrected chi connectivity index (χ0v) is 19.5. The Kier molecular flexibility index (Phi) is 10.3. The summed E-state index contributed by atoms with van der Waals surface area (Å²) in [5.74, 6) is -1.37. The zero-order chi connectivity index (χ0) is 24.2. The molecule has 0 spiro atoms. The lowest BCUT2D eigenvalue weighted by Gasteiger charge is -2.17. The third-order valence-electron chi connectivity index (χ3n) is 5.05. The van der Waals surface area contributed by atoms with Crippen molar-refractivity contribution in [2.75, 3.05) is 5.32 Å². The van der Waals surface area contributed by atoms with E-state index in [1.807, 2.05) is 19.9 Å². The van der Waals surface area contributed by atoms with Gasteiger partial charge in [-0.1, -0.05) is 48.9 Å². The van der Waals surface area contributed by atoms with Crippen molar-refractivity contribution in [3.8, 4) is 6.07 Å². The molecule has 2 aromatic carbocycles. The Labute approximate surface area is 198 Å². The number of nitriles is 1. The minimum absolute atomic E-state index is 0.104. The Morgan fingerprint density at radius 3 is 2.45 bits per heavy atom. The quantitative estimate of drug-likeness (QED) is 0.274. The topological polar surface area (TPSA) is 111 Å². The lowest BCUT2D eigenvalue weighted by atomic mass is 9.88. The van der Waals surface area contributed by atoms with Crippen LogP contribution in [0, 0.1) is 24.2 Å². The molecule has 0 aliphatic heterocycles. The minimum Gasteiger partial charge on any atom is -0.326 e. The Morgan fingerprint density at radius 1 is 1.09 bits per heavy atom. The second kappa shape index (κ2) is 13.1. The summed E-state index contributed by atoms with van der Waals surface area (Å²) in [6.45, 7) is 3.73. The maximum absolute atomic E-state index is 13.1. The van der Waals surface area contributed by atoms with Crippen LogP contribution in [0.5, 0.6) is 0 Å². The summed E-state index contributed by atoms with van der Waals surface area (Å²) in [7, 11) is 0. The molecule has 0 saturated heterocycles. The first-order chi connectivity index (χ1) is 15.8. The van der Waals surface area contributed by atoms with Gasteiger partial charge in [0.1, 0.15) is 6.42 Å². The van der Waals surface area contributed by atoms with Crippen molar-refractivity contribution in [3.63, 3.8) is 0 Å². The number of Topliss-reactive ketones (excluding diaryl/α,β-unsaturated/α-hetero) is 1. The molecule has 1 atom stereocenters. The second-order valence-electron chi connectivity index (χ2n) is 7.53. The van der Waals surface area contributed by atoms with Crippen LogP contribution < -0.4 is 10.7 Å². The molecule has 0 aliphatic carbocycles. The predicted octanol–water partition coefficient (Wildman–Crippen LogP) is 5.05. The van der Waals surface area contributed by atoms with Gasteiger partial charge < -0.3 is 5.32 Å². The van der Waals surface area contributed by atoms with Crippen molar-refractivity contribution >= 4 is 40.6 Å². The van der Waals surface area contributed by atoms with E-state index < -0.39 is 11.8 Å². The average Bonchev–Trinajstić information content (AvgIpc) is 2.80. The predicted molar refractivity (Wildman–Crippen MR) is 129 cm³/mol. The average molecular weight is 467 g/mol. The van der Waals surface area contributed by atoms with E-state index in [9.17, 15) is 14.4 Å². The molecule has 0 radical (unpaired) electrons. The van der Waals surface area contributed by atoms with Crippen LogP contribution in [0.4, 0.5) is 5.69 Å². The number of nitrogens with one attached hydrogen (secondary N) is 2. The molecule has 7 nitrogen and oxygen atoms in total. The highest BCUT2D eigenvalue weighted by Gasteiger charge is 2.24. The van der Waals surface area contributed by atoms with Crippen LogP contribution in [0.15, 0.2) is 53.6 Å². The van der Waals surface area contributed by atoms with Gasteiger partial charge in [0.05, 0.1) is 12.0 Å². The zero-order valence-electron chi connectivity index (χ0n) is 18.7. The molecule has 8 heteroatoms. The summed E-state index contributed by atoms with van der Waals surface area (Å²) in [6.07, 6.45) is 1.14. The number of carbonyl (C=O) groups is 3. The van der Waals surface area contributed by atoms with Crippen LogP contribution in [-0.4, -0.2) is 23.3 Å². The molecule has 2 amide bonds. The second-order valence-corrected chi connectivity index (χ2v) is 7.96. The van der Waals surface area contributed by atoms with Crippen molar-refractivity contribution < 1.29 is 14.4 Å². The smallest absolute Gasteiger partial charge is 0.254 e. The summed E-state index contributed by atoms with van der Waals surface area (Å²) < 4.78 is 0. The number of nitrogens with zero attached hydrogens (tertiary/aromatic N) is 2. The fourth-order valence-corrected chi connectivity index (χ4v) is 3.57. The van der Waals surface area contributed by atoms with Crippen LogP contribution in [0.2, 0.25) is 5.02 Å². The number of aryl methyl sites for hydroxylation is 1. The summed E-state index contributed by atoms with van der Waals surface area (Å²) in [4.78, 5) is 37.2. The van der Waals surface area contributed by atoms with Gasteiger partial charge in [0.25, 0.3) is 5.91 Å². The molecular weight excluding hydrogens is 440 g/mol. The molecule has 2 N–H and O–H groups in total. The number of hydrogen-bond acceptors (Lipinski definition) is 5. The Bertz CT molecular complexity index is 1060. The lowest BCUT2D eigenvalue weighted by Crippen LogP contribution is -2.28. The first kappa shape index (κ1) is 25.8. The van der Waals surface area contributed by atoms with E-state index in [1.54, 1.807) is 48.5 Å². The standard InChI is InChI=1S/C25H27ClN4O3/c1-3-20(25(33)18-8-5-4-6-9-18)22(29-30-24(32)14-15-27)10-7-11-23(31)28-21-13-12-19(26)16-17(21)2/h4-6,8-9,12-13,16,20H,3,7,10-11,14H2,1-2H3,(H,28,31)(H,30,32)/b29-22-/t20-/m1/s1. The van der Waals surface area contributed by atoms with Crippen LogP contribution >= 0.6 is 11.6 Å². The van der Waals surface area contributed by atoms with Gasteiger partial charge in [0.15, 0.2) is 5.78 Å². The molecule has 0 bridgehead atoms. The highest BCUT2D eigenvalue weighted by atomic mass is 35.5. The molecule has 2 rings (SSSR count). The maximum atomic E-state index is 13.1. The maximum Gasteiger partial charge on any atom is 0.254 e. The van der Waals surface area contributed by atoms with Crippen LogP contribution in [0.3, 0.4) is 0 Å². The number of ketones is 1. The summed E-state index contributed by atoms with van der Waals surface area (Å²) in [6, 6.07) is 15.9. The monoisotopic (exact) mass is 466 g/mol. The summed E-state index contributed by atoms with van der Waals surface area (Å²) in [5, 5.41) is 16.3. The number of carbonyl (C=O) groups excluding carboxylic acids is 3. The lowest BCUT2D eigenvalue weighted by molar-refractivity contribution is -0.120. The fraction of sp³-hybridized carbons (Fsp3) is 0.320. The number of hydrogen-bond donors (Lipinski definition) is 2. The molecule has 0 unspecified atom stereocenters. The molecule has 0 aromatic heterocycles. The van der Waals surface area contributed by atoms with E-state index in [4.69, 9.17) is 16.9 Å². The van der Waals surface area contributed by atoms with Gasteiger partial charge >= 0.3 is 0 Å². The molecular formula is C25H27ClN4O3. The van der Waals surface area contributed by atoms with Crippen LogP contribution in [0.25, 0.3) is 0 Å². The number of hydrazone groups is 1. The minimum atomic E-state index is -0.548. The molecule has 0 fully saturated rings. The van der Waals surface area contributed by atoms with E-state index in [2.05, 4.69) is 15.8 Å². The molecule has 0 heterocycles. The number of benzene rings is 2. The highest BCUT2D eigenvalue weighted by Crippen LogP contribution is 2.21. The van der Waals surface area contributed by atoms with Crippen molar-refractivity contribution in [3.05, 3.63) is 64.7 Å². The van der Waals surface area contributed by atoms with Gasteiger partial charge in [0, 0.05) is 28.4 Å². The summed E-state index contributed by atoms with van der Waals surface area (Å²) >= 11 is 5.96. The fourth-order valence-electron chi connectivity index (χ4n) is 3.34. The van der Waals surface area contributed by atoms with Crippen molar-refractivity contribution in [2.24, 2.45) is 11.0 Å².